The summed E-state index contributed by atoms with van der Waals surface area (Å²) in [6.07, 6.45) is 1.72. The number of fused-ring (bicyclic) bond motifs is 1. The van der Waals surface area contributed by atoms with Gasteiger partial charge in [0.15, 0.2) is 5.65 Å². The normalized spacial score (nSPS) is 14.3. The van der Waals surface area contributed by atoms with Gasteiger partial charge in [-0.2, -0.15) is 5.10 Å². The summed E-state index contributed by atoms with van der Waals surface area (Å²) in [6, 6.07) is 1.75. The zero-order valence-electron chi connectivity index (χ0n) is 12.8. The van der Waals surface area contributed by atoms with E-state index in [2.05, 4.69) is 10.1 Å². The molecule has 116 valence electrons. The number of carbonyl (C=O) groups is 2. The molecule has 7 nitrogen and oxygen atoms in total. The van der Waals surface area contributed by atoms with Gasteiger partial charge in [-0.3, -0.25) is 14.3 Å². The number of carboxylic acid groups (broad SMARTS) is 1. The van der Waals surface area contributed by atoms with Gasteiger partial charge in [-0.05, 0) is 32.8 Å². The first-order chi connectivity index (χ1) is 10.4. The van der Waals surface area contributed by atoms with Crippen molar-refractivity contribution in [2.45, 2.75) is 32.7 Å². The lowest BCUT2D eigenvalue weighted by atomic mass is 10.1. The van der Waals surface area contributed by atoms with Gasteiger partial charge in [-0.25, -0.2) is 4.98 Å². The van der Waals surface area contributed by atoms with Crippen LogP contribution < -0.4 is 0 Å². The minimum atomic E-state index is -0.995. The predicted molar refractivity (Wildman–Crippen MR) is 79.7 cm³/mol. The molecule has 0 bridgehead atoms. The van der Waals surface area contributed by atoms with Crippen LogP contribution in [0.1, 0.15) is 34.6 Å². The van der Waals surface area contributed by atoms with Crippen LogP contribution in [0.25, 0.3) is 11.0 Å². The number of nitrogens with zero attached hydrogens (tertiary/aromatic N) is 4. The van der Waals surface area contributed by atoms with Crippen LogP contribution in [0.4, 0.5) is 0 Å². The van der Waals surface area contributed by atoms with Crippen LogP contribution in [0, 0.1) is 13.8 Å². The Hall–Kier alpha value is -2.44. The van der Waals surface area contributed by atoms with Crippen LogP contribution in [0.15, 0.2) is 6.07 Å². The number of aromatic nitrogens is 3. The molecule has 2 aromatic heterocycles. The van der Waals surface area contributed by atoms with Gasteiger partial charge in [0, 0.05) is 18.8 Å². The highest BCUT2D eigenvalue weighted by atomic mass is 16.4. The average molecular weight is 302 g/mol. The summed E-state index contributed by atoms with van der Waals surface area (Å²) in [4.78, 5) is 29.8. The van der Waals surface area contributed by atoms with Gasteiger partial charge in [0.25, 0.3) is 5.91 Å². The maximum absolute atomic E-state index is 12.9. The third-order valence-electron chi connectivity index (χ3n) is 3.88. The lowest BCUT2D eigenvalue weighted by Crippen LogP contribution is -2.37. The van der Waals surface area contributed by atoms with Gasteiger partial charge in [0.2, 0.25) is 0 Å². The number of aliphatic carboxylic acids is 1. The molecule has 0 spiro atoms. The molecule has 0 atom stereocenters. The zero-order chi connectivity index (χ0) is 16.0. The summed E-state index contributed by atoms with van der Waals surface area (Å²) >= 11 is 0. The van der Waals surface area contributed by atoms with Gasteiger partial charge in [0.1, 0.15) is 6.54 Å². The fourth-order valence-corrected chi connectivity index (χ4v) is 2.79. The van der Waals surface area contributed by atoms with E-state index in [1.54, 1.807) is 17.8 Å². The third-order valence-corrected chi connectivity index (χ3v) is 3.88. The maximum atomic E-state index is 12.9. The molecule has 3 rings (SSSR count). The molecular weight excluding hydrogens is 284 g/mol. The van der Waals surface area contributed by atoms with E-state index >= 15 is 0 Å². The Morgan fingerprint density at radius 1 is 1.41 bits per heavy atom. The second kappa shape index (κ2) is 5.08. The summed E-state index contributed by atoms with van der Waals surface area (Å²) in [5.74, 6) is -1.25. The Morgan fingerprint density at radius 2 is 2.09 bits per heavy atom. The molecule has 2 heterocycles. The van der Waals surface area contributed by atoms with Crippen molar-refractivity contribution in [1.29, 1.82) is 0 Å². The molecule has 0 aromatic carbocycles. The standard InChI is InChI=1S/C15H18N4O3/c1-8-6-11(13-9(2)17-18(3)14(13)16-8)15(22)19(7-12(20)21)10-4-5-10/h6,10H,4-5,7H2,1-3H3,(H,20,21). The number of rotatable bonds is 4. The molecule has 1 N–H and O–H groups in total. The molecule has 7 heteroatoms. The summed E-state index contributed by atoms with van der Waals surface area (Å²) in [6.45, 7) is 3.37. The first-order valence-electron chi connectivity index (χ1n) is 7.22. The molecule has 1 amide bonds. The Bertz CT molecular complexity index is 777. The van der Waals surface area contributed by atoms with Gasteiger partial charge in [0.05, 0.1) is 16.6 Å². The number of hydrogen-bond acceptors (Lipinski definition) is 4. The molecule has 22 heavy (non-hydrogen) atoms. The van der Waals surface area contributed by atoms with E-state index in [1.165, 1.54) is 4.90 Å². The number of aryl methyl sites for hydroxylation is 3. The zero-order valence-corrected chi connectivity index (χ0v) is 12.8. The SMILES string of the molecule is Cc1cc(C(=O)N(CC(=O)O)C2CC2)c2c(C)nn(C)c2n1. The minimum Gasteiger partial charge on any atom is -0.480 e. The van der Waals surface area contributed by atoms with Crippen LogP contribution in [0.5, 0.6) is 0 Å². The fourth-order valence-electron chi connectivity index (χ4n) is 2.79. The van der Waals surface area contributed by atoms with E-state index in [0.717, 1.165) is 18.5 Å². The smallest absolute Gasteiger partial charge is 0.323 e. The van der Waals surface area contributed by atoms with E-state index in [9.17, 15) is 9.59 Å². The topological polar surface area (TPSA) is 88.3 Å². The van der Waals surface area contributed by atoms with Gasteiger partial charge in [-0.1, -0.05) is 0 Å². The summed E-state index contributed by atoms with van der Waals surface area (Å²) < 4.78 is 1.65. The van der Waals surface area contributed by atoms with E-state index < -0.39 is 5.97 Å². The van der Waals surface area contributed by atoms with Crippen molar-refractivity contribution in [3.05, 3.63) is 23.0 Å². The number of carboxylic acids is 1. The van der Waals surface area contributed by atoms with Crippen LogP contribution in [-0.2, 0) is 11.8 Å². The summed E-state index contributed by atoms with van der Waals surface area (Å²) in [5.41, 5.74) is 2.57. The Kier molecular flexibility index (Phi) is 3.35. The highest BCUT2D eigenvalue weighted by molar-refractivity contribution is 6.07. The van der Waals surface area contributed by atoms with Gasteiger partial charge >= 0.3 is 5.97 Å². The average Bonchev–Trinajstić information content (AvgIpc) is 3.23. The lowest BCUT2D eigenvalue weighted by Gasteiger charge is -2.21. The van der Waals surface area contributed by atoms with Crippen molar-refractivity contribution in [1.82, 2.24) is 19.7 Å². The number of carbonyl (C=O) groups excluding carboxylic acids is 1. The molecule has 1 aliphatic carbocycles. The third kappa shape index (κ3) is 2.43. The van der Waals surface area contributed by atoms with E-state index in [0.29, 0.717) is 22.3 Å². The molecule has 1 fully saturated rings. The van der Waals surface area contributed by atoms with Crippen LogP contribution in [0.3, 0.4) is 0 Å². The minimum absolute atomic E-state index is 0.0316. The molecule has 1 saturated carbocycles. The van der Waals surface area contributed by atoms with Crippen LogP contribution >= 0.6 is 0 Å². The van der Waals surface area contributed by atoms with Crippen molar-refractivity contribution in [3.63, 3.8) is 0 Å². The molecule has 0 radical (unpaired) electrons. The number of amides is 1. The molecule has 0 saturated heterocycles. The first-order valence-corrected chi connectivity index (χ1v) is 7.22. The fraction of sp³-hybridized carbons (Fsp3) is 0.467. The Balaban J connectivity index is 2.11. The van der Waals surface area contributed by atoms with Crippen molar-refractivity contribution >= 4 is 22.9 Å². The van der Waals surface area contributed by atoms with Crippen LogP contribution in [-0.4, -0.2) is 49.2 Å². The first kappa shape index (κ1) is 14.5. The van der Waals surface area contributed by atoms with E-state index in [1.807, 2.05) is 13.8 Å². The second-order valence-corrected chi connectivity index (χ2v) is 5.78. The molecule has 1 aliphatic rings. The van der Waals surface area contributed by atoms with Crippen molar-refractivity contribution in [2.75, 3.05) is 6.54 Å². The van der Waals surface area contributed by atoms with E-state index in [4.69, 9.17) is 5.11 Å². The highest BCUT2D eigenvalue weighted by Crippen LogP contribution is 2.30. The highest BCUT2D eigenvalue weighted by Gasteiger charge is 2.35. The molecule has 2 aromatic rings. The monoisotopic (exact) mass is 302 g/mol. The number of pyridine rings is 1. The molecular formula is C15H18N4O3. The van der Waals surface area contributed by atoms with Gasteiger partial charge < -0.3 is 10.0 Å². The quantitative estimate of drug-likeness (QED) is 0.919. The molecule has 0 unspecified atom stereocenters. The Labute approximate surface area is 127 Å². The Morgan fingerprint density at radius 3 is 2.68 bits per heavy atom. The van der Waals surface area contributed by atoms with Crippen molar-refractivity contribution < 1.29 is 14.7 Å². The van der Waals surface area contributed by atoms with Crippen molar-refractivity contribution in [2.24, 2.45) is 7.05 Å². The summed E-state index contributed by atoms with van der Waals surface area (Å²) in [7, 11) is 1.78. The predicted octanol–water partition coefficient (Wildman–Crippen LogP) is 1.27. The summed E-state index contributed by atoms with van der Waals surface area (Å²) in [5, 5.41) is 14.1. The van der Waals surface area contributed by atoms with Gasteiger partial charge in [-0.15, -0.1) is 0 Å². The van der Waals surface area contributed by atoms with E-state index in [-0.39, 0.29) is 18.5 Å². The largest absolute Gasteiger partial charge is 0.480 e. The van der Waals surface area contributed by atoms with Crippen LogP contribution in [0.2, 0.25) is 0 Å². The maximum Gasteiger partial charge on any atom is 0.323 e. The second-order valence-electron chi connectivity index (χ2n) is 5.78. The number of hydrogen-bond donors (Lipinski definition) is 1. The lowest BCUT2D eigenvalue weighted by molar-refractivity contribution is -0.137. The molecule has 0 aliphatic heterocycles. The van der Waals surface area contributed by atoms with Crippen molar-refractivity contribution in [3.8, 4) is 0 Å².